The normalized spacial score (nSPS) is 10.0. The number of ether oxygens (including phenoxy) is 1. The smallest absolute Gasteiger partial charge is 0.407 e. The molecule has 2 rings (SSSR count). The van der Waals surface area contributed by atoms with E-state index in [1.165, 1.54) is 0 Å². The van der Waals surface area contributed by atoms with Gasteiger partial charge in [0.25, 0.3) is 0 Å². The van der Waals surface area contributed by atoms with Crippen molar-refractivity contribution in [1.29, 1.82) is 0 Å². The maximum atomic E-state index is 11.4. The van der Waals surface area contributed by atoms with Crippen molar-refractivity contribution in [1.82, 2.24) is 10.3 Å². The molecule has 4 nitrogen and oxygen atoms in total. The van der Waals surface area contributed by atoms with Crippen LogP contribution < -0.4 is 5.32 Å². The van der Waals surface area contributed by atoms with Crippen molar-refractivity contribution in [2.75, 3.05) is 6.54 Å². The largest absolute Gasteiger partial charge is 0.445 e. The van der Waals surface area contributed by atoms with Gasteiger partial charge in [-0.1, -0.05) is 30.3 Å². The van der Waals surface area contributed by atoms with E-state index in [1.54, 1.807) is 17.5 Å². The molecule has 1 heterocycles. The van der Waals surface area contributed by atoms with E-state index >= 15 is 0 Å². The minimum Gasteiger partial charge on any atom is -0.445 e. The molecule has 1 aromatic carbocycles. The fourth-order valence-corrected chi connectivity index (χ4v) is 2.04. The first-order valence-electron chi connectivity index (χ1n) is 5.67. The molecule has 1 aromatic heterocycles. The second-order valence-electron chi connectivity index (χ2n) is 3.66. The summed E-state index contributed by atoms with van der Waals surface area (Å²) < 4.78 is 5.08. The molecule has 18 heavy (non-hydrogen) atoms. The number of hydrogen-bond donors (Lipinski definition) is 1. The first-order chi connectivity index (χ1) is 8.84. The van der Waals surface area contributed by atoms with Crippen LogP contribution in [0.3, 0.4) is 0 Å². The van der Waals surface area contributed by atoms with Gasteiger partial charge in [0, 0.05) is 24.5 Å². The average molecular weight is 262 g/mol. The number of benzene rings is 1. The summed E-state index contributed by atoms with van der Waals surface area (Å²) in [5.74, 6) is 0. The molecule has 5 heteroatoms. The number of aromatic nitrogens is 1. The highest BCUT2D eigenvalue weighted by atomic mass is 32.1. The molecule has 0 aliphatic heterocycles. The Morgan fingerprint density at radius 2 is 2.17 bits per heavy atom. The zero-order valence-electron chi connectivity index (χ0n) is 9.83. The van der Waals surface area contributed by atoms with E-state index < -0.39 is 6.09 Å². The Bertz CT molecular complexity index is 471. The predicted octanol–water partition coefficient (Wildman–Crippen LogP) is 2.61. The molecule has 0 aliphatic rings. The molecule has 1 amide bonds. The van der Waals surface area contributed by atoms with Crippen LogP contribution in [0.2, 0.25) is 0 Å². The van der Waals surface area contributed by atoms with Gasteiger partial charge in [0.05, 0.1) is 5.01 Å². The maximum absolute atomic E-state index is 11.4. The number of hydrogen-bond acceptors (Lipinski definition) is 4. The highest BCUT2D eigenvalue weighted by Crippen LogP contribution is 2.04. The fraction of sp³-hybridized carbons (Fsp3) is 0.231. The van der Waals surface area contributed by atoms with Crippen LogP contribution in [0.25, 0.3) is 0 Å². The van der Waals surface area contributed by atoms with Gasteiger partial charge in [-0.3, -0.25) is 0 Å². The SMILES string of the molecule is O=C(NCCc1nccs1)OCc1ccccc1. The second-order valence-corrected chi connectivity index (χ2v) is 4.64. The summed E-state index contributed by atoms with van der Waals surface area (Å²) in [6, 6.07) is 9.60. The molecule has 1 N–H and O–H groups in total. The molecule has 0 bridgehead atoms. The Morgan fingerprint density at radius 1 is 1.33 bits per heavy atom. The summed E-state index contributed by atoms with van der Waals surface area (Å²) in [5.41, 5.74) is 0.979. The van der Waals surface area contributed by atoms with Gasteiger partial charge in [0.2, 0.25) is 0 Å². The van der Waals surface area contributed by atoms with Gasteiger partial charge >= 0.3 is 6.09 Å². The van der Waals surface area contributed by atoms with Crippen molar-refractivity contribution in [3.8, 4) is 0 Å². The summed E-state index contributed by atoms with van der Waals surface area (Å²) in [6.45, 7) is 0.838. The fourth-order valence-electron chi connectivity index (χ4n) is 1.42. The molecule has 2 aromatic rings. The average Bonchev–Trinajstić information content (AvgIpc) is 2.91. The number of nitrogens with zero attached hydrogens (tertiary/aromatic N) is 1. The maximum Gasteiger partial charge on any atom is 0.407 e. The first-order valence-corrected chi connectivity index (χ1v) is 6.55. The minimum atomic E-state index is -0.393. The Kier molecular flexibility index (Phi) is 4.72. The first kappa shape index (κ1) is 12.6. The number of amides is 1. The summed E-state index contributed by atoms with van der Waals surface area (Å²) in [4.78, 5) is 15.5. The molecule has 0 atom stereocenters. The van der Waals surface area contributed by atoms with Crippen LogP contribution >= 0.6 is 11.3 Å². The molecule has 0 spiro atoms. The van der Waals surface area contributed by atoms with E-state index in [2.05, 4.69) is 10.3 Å². The van der Waals surface area contributed by atoms with E-state index in [4.69, 9.17) is 4.74 Å². The molecule has 0 radical (unpaired) electrons. The van der Waals surface area contributed by atoms with Crippen LogP contribution in [0.15, 0.2) is 41.9 Å². The van der Waals surface area contributed by atoms with E-state index in [1.807, 2.05) is 35.7 Å². The Hall–Kier alpha value is -1.88. The Balaban J connectivity index is 1.63. The number of rotatable bonds is 5. The van der Waals surface area contributed by atoms with Crippen LogP contribution in [-0.4, -0.2) is 17.6 Å². The highest BCUT2D eigenvalue weighted by molar-refractivity contribution is 7.09. The molecule has 94 valence electrons. The monoisotopic (exact) mass is 262 g/mol. The van der Waals surface area contributed by atoms with Crippen molar-refractivity contribution in [2.45, 2.75) is 13.0 Å². The molecule has 0 saturated heterocycles. The molecule has 0 aliphatic carbocycles. The van der Waals surface area contributed by atoms with Crippen LogP contribution in [-0.2, 0) is 17.8 Å². The Morgan fingerprint density at radius 3 is 2.89 bits per heavy atom. The number of carbonyl (C=O) groups excluding carboxylic acids is 1. The lowest BCUT2D eigenvalue weighted by molar-refractivity contribution is 0.140. The van der Waals surface area contributed by atoms with Gasteiger partial charge in [-0.15, -0.1) is 11.3 Å². The van der Waals surface area contributed by atoms with Gasteiger partial charge in [-0.2, -0.15) is 0 Å². The lowest BCUT2D eigenvalue weighted by Gasteiger charge is -2.06. The standard InChI is InChI=1S/C13H14N2O2S/c16-13(15-7-6-12-14-8-9-18-12)17-10-11-4-2-1-3-5-11/h1-5,8-9H,6-7,10H2,(H,15,16). The number of thiazole rings is 1. The van der Waals surface area contributed by atoms with Crippen LogP contribution in [0, 0.1) is 0 Å². The molecule has 0 fully saturated rings. The third-order valence-electron chi connectivity index (χ3n) is 2.30. The van der Waals surface area contributed by atoms with Crippen molar-refractivity contribution >= 4 is 17.4 Å². The van der Waals surface area contributed by atoms with Crippen molar-refractivity contribution in [2.24, 2.45) is 0 Å². The van der Waals surface area contributed by atoms with E-state index in [0.29, 0.717) is 13.2 Å². The minimum absolute atomic E-state index is 0.296. The number of nitrogens with one attached hydrogen (secondary N) is 1. The van der Waals surface area contributed by atoms with E-state index in [-0.39, 0.29) is 0 Å². The number of alkyl carbamates (subject to hydrolysis) is 1. The summed E-state index contributed by atoms with van der Waals surface area (Å²) in [7, 11) is 0. The third kappa shape index (κ3) is 4.18. The highest BCUT2D eigenvalue weighted by Gasteiger charge is 2.02. The lowest BCUT2D eigenvalue weighted by Crippen LogP contribution is -2.26. The lowest BCUT2D eigenvalue weighted by atomic mass is 10.2. The van der Waals surface area contributed by atoms with Gasteiger partial charge in [-0.05, 0) is 5.56 Å². The second kappa shape index (κ2) is 6.76. The van der Waals surface area contributed by atoms with Crippen molar-refractivity contribution < 1.29 is 9.53 Å². The molecule has 0 unspecified atom stereocenters. The van der Waals surface area contributed by atoms with E-state index in [9.17, 15) is 4.79 Å². The van der Waals surface area contributed by atoms with E-state index in [0.717, 1.165) is 17.0 Å². The zero-order chi connectivity index (χ0) is 12.6. The van der Waals surface area contributed by atoms with Crippen LogP contribution in [0.4, 0.5) is 4.79 Å². The van der Waals surface area contributed by atoms with Crippen LogP contribution in [0.1, 0.15) is 10.6 Å². The summed E-state index contributed by atoms with van der Waals surface area (Å²) >= 11 is 1.58. The van der Waals surface area contributed by atoms with Gasteiger partial charge in [-0.25, -0.2) is 9.78 Å². The van der Waals surface area contributed by atoms with Crippen molar-refractivity contribution in [3.05, 3.63) is 52.5 Å². The molecular formula is C13H14N2O2S. The predicted molar refractivity (Wildman–Crippen MR) is 70.4 cm³/mol. The molecule has 0 saturated carbocycles. The quantitative estimate of drug-likeness (QED) is 0.901. The topological polar surface area (TPSA) is 51.2 Å². The zero-order valence-corrected chi connectivity index (χ0v) is 10.7. The summed E-state index contributed by atoms with van der Waals surface area (Å²) in [5, 5.41) is 5.63. The van der Waals surface area contributed by atoms with Crippen molar-refractivity contribution in [3.63, 3.8) is 0 Å². The summed E-state index contributed by atoms with van der Waals surface area (Å²) in [6.07, 6.45) is 2.10. The van der Waals surface area contributed by atoms with Gasteiger partial charge in [0.1, 0.15) is 6.61 Å². The Labute approximate surface area is 110 Å². The van der Waals surface area contributed by atoms with Gasteiger partial charge in [0.15, 0.2) is 0 Å². The number of carbonyl (C=O) groups is 1. The third-order valence-corrected chi connectivity index (χ3v) is 3.14. The van der Waals surface area contributed by atoms with Gasteiger partial charge < -0.3 is 10.1 Å². The van der Waals surface area contributed by atoms with Crippen LogP contribution in [0.5, 0.6) is 0 Å². The molecular weight excluding hydrogens is 248 g/mol.